The number of carboxylic acids is 1. The van der Waals surface area contributed by atoms with Gasteiger partial charge in [-0.05, 0) is 13.3 Å². The fraction of sp³-hybridized carbons (Fsp3) is 0.286. The van der Waals surface area contributed by atoms with Crippen LogP contribution in [0.5, 0.6) is 0 Å². The van der Waals surface area contributed by atoms with Crippen molar-refractivity contribution in [2.75, 3.05) is 0 Å². The average Bonchev–Trinajstić information content (AvgIpc) is 1.63. The van der Waals surface area contributed by atoms with Crippen molar-refractivity contribution in [2.45, 2.75) is 13.3 Å². The van der Waals surface area contributed by atoms with Gasteiger partial charge in [0.05, 0.1) is 0 Å². The lowest BCUT2D eigenvalue weighted by Gasteiger charge is -1.85. The summed E-state index contributed by atoms with van der Waals surface area (Å²) in [5.74, 6) is -0.906. The summed E-state index contributed by atoms with van der Waals surface area (Å²) >= 11 is 0. The normalized spacial score (nSPS) is 9.89. The third kappa shape index (κ3) is 6.95. The van der Waals surface area contributed by atoms with Crippen molar-refractivity contribution in [2.24, 2.45) is 0 Å². The van der Waals surface area contributed by atoms with Gasteiger partial charge in [0.15, 0.2) is 0 Å². The van der Waals surface area contributed by atoms with Gasteiger partial charge < -0.3 is 5.11 Å². The fourth-order valence-electron chi connectivity index (χ4n) is 0.361. The Morgan fingerprint density at radius 3 is 2.67 bits per heavy atom. The van der Waals surface area contributed by atoms with E-state index in [0.717, 1.165) is 11.6 Å². The Hall–Kier alpha value is -1.05. The zero-order valence-corrected chi connectivity index (χ0v) is 5.42. The second-order valence-corrected chi connectivity index (χ2v) is 1.90. The number of carboxylic acid groups (broad SMARTS) is 1. The molecular formula is C7H10O2. The monoisotopic (exact) mass is 126 g/mol. The van der Waals surface area contributed by atoms with E-state index in [4.69, 9.17) is 5.11 Å². The van der Waals surface area contributed by atoms with Gasteiger partial charge in [0.1, 0.15) is 0 Å². The minimum atomic E-state index is -0.906. The Kier molecular flexibility index (Phi) is 3.44. The molecule has 2 nitrogen and oxygen atoms in total. The number of aliphatic carboxylic acids is 1. The first-order valence-electron chi connectivity index (χ1n) is 2.67. The number of hydrogen-bond acceptors (Lipinski definition) is 1. The third-order valence-electron chi connectivity index (χ3n) is 0.727. The van der Waals surface area contributed by atoms with Crippen LogP contribution >= 0.6 is 0 Å². The molecule has 0 aliphatic heterocycles. The largest absolute Gasteiger partial charge is 0.478 e. The fourth-order valence-corrected chi connectivity index (χ4v) is 0.361. The van der Waals surface area contributed by atoms with E-state index in [-0.39, 0.29) is 0 Å². The molecule has 0 aliphatic rings. The standard InChI is InChI=1S/C7H10O2/c1-6(2)4-3-5-7(8)9/h3,5H,1,4H2,2H3,(H,8,9)/b5-3-. The summed E-state index contributed by atoms with van der Waals surface area (Å²) in [4.78, 5) is 9.86. The average molecular weight is 126 g/mol. The van der Waals surface area contributed by atoms with E-state index in [9.17, 15) is 4.79 Å². The molecule has 9 heavy (non-hydrogen) atoms. The molecule has 1 N–H and O–H groups in total. The molecule has 0 radical (unpaired) electrons. The summed E-state index contributed by atoms with van der Waals surface area (Å²) in [6.07, 6.45) is 3.34. The molecule has 0 atom stereocenters. The van der Waals surface area contributed by atoms with Crippen LogP contribution in [-0.4, -0.2) is 11.1 Å². The molecule has 0 aromatic rings. The van der Waals surface area contributed by atoms with Crippen LogP contribution in [0, 0.1) is 0 Å². The predicted octanol–water partition coefficient (Wildman–Crippen LogP) is 1.59. The Bertz CT molecular complexity index is 145. The van der Waals surface area contributed by atoms with Gasteiger partial charge in [-0.2, -0.15) is 0 Å². The van der Waals surface area contributed by atoms with Crippen molar-refractivity contribution in [1.82, 2.24) is 0 Å². The summed E-state index contributed by atoms with van der Waals surface area (Å²) in [5, 5.41) is 8.11. The lowest BCUT2D eigenvalue weighted by molar-refractivity contribution is -0.131. The van der Waals surface area contributed by atoms with E-state index < -0.39 is 5.97 Å². The van der Waals surface area contributed by atoms with Crippen LogP contribution in [0.15, 0.2) is 24.3 Å². The quantitative estimate of drug-likeness (QED) is 0.460. The number of allylic oxidation sites excluding steroid dienone is 2. The first-order chi connectivity index (χ1) is 4.13. The second-order valence-electron chi connectivity index (χ2n) is 1.90. The number of carbonyl (C=O) groups is 1. The Balaban J connectivity index is 3.48. The zero-order valence-electron chi connectivity index (χ0n) is 5.42. The summed E-state index contributed by atoms with van der Waals surface area (Å²) in [5.41, 5.74) is 0.965. The van der Waals surface area contributed by atoms with Gasteiger partial charge in [0.25, 0.3) is 0 Å². The van der Waals surface area contributed by atoms with Crippen LogP contribution in [0.4, 0.5) is 0 Å². The maximum atomic E-state index is 9.86. The topological polar surface area (TPSA) is 37.3 Å². The lowest BCUT2D eigenvalue weighted by atomic mass is 10.2. The molecule has 0 aromatic carbocycles. The molecule has 0 fully saturated rings. The van der Waals surface area contributed by atoms with E-state index in [0.29, 0.717) is 6.42 Å². The summed E-state index contributed by atoms with van der Waals surface area (Å²) in [6.45, 7) is 5.46. The van der Waals surface area contributed by atoms with Gasteiger partial charge in [-0.15, -0.1) is 0 Å². The van der Waals surface area contributed by atoms with Crippen LogP contribution in [-0.2, 0) is 4.79 Å². The van der Waals surface area contributed by atoms with Gasteiger partial charge >= 0.3 is 5.97 Å². The van der Waals surface area contributed by atoms with Crippen molar-refractivity contribution >= 4 is 5.97 Å². The molecule has 0 aliphatic carbocycles. The molecule has 0 aromatic heterocycles. The first-order valence-corrected chi connectivity index (χ1v) is 2.67. The molecule has 0 unspecified atom stereocenters. The van der Waals surface area contributed by atoms with Crippen molar-refractivity contribution in [3.63, 3.8) is 0 Å². The molecule has 0 amide bonds. The molecule has 0 bridgehead atoms. The number of rotatable bonds is 3. The first kappa shape index (κ1) is 7.95. The molecule has 0 spiro atoms. The highest BCUT2D eigenvalue weighted by Gasteiger charge is 1.83. The zero-order chi connectivity index (χ0) is 7.28. The van der Waals surface area contributed by atoms with E-state index in [2.05, 4.69) is 6.58 Å². The highest BCUT2D eigenvalue weighted by atomic mass is 16.4. The number of hydrogen-bond donors (Lipinski definition) is 1. The molecule has 50 valence electrons. The van der Waals surface area contributed by atoms with Gasteiger partial charge in [0.2, 0.25) is 0 Å². The lowest BCUT2D eigenvalue weighted by Crippen LogP contribution is -1.85. The van der Waals surface area contributed by atoms with Crippen molar-refractivity contribution in [3.05, 3.63) is 24.3 Å². The van der Waals surface area contributed by atoms with Crippen LogP contribution in [0.3, 0.4) is 0 Å². The molecule has 0 saturated carbocycles. The van der Waals surface area contributed by atoms with Gasteiger partial charge in [-0.3, -0.25) is 0 Å². The summed E-state index contributed by atoms with van der Waals surface area (Å²) in [6, 6.07) is 0. The molecular weight excluding hydrogens is 116 g/mol. The highest BCUT2D eigenvalue weighted by molar-refractivity contribution is 5.79. The van der Waals surface area contributed by atoms with Crippen LogP contribution in [0.1, 0.15) is 13.3 Å². The van der Waals surface area contributed by atoms with E-state index in [1.54, 1.807) is 6.08 Å². The van der Waals surface area contributed by atoms with Gasteiger partial charge in [-0.25, -0.2) is 4.79 Å². The van der Waals surface area contributed by atoms with Gasteiger partial charge in [0, 0.05) is 6.08 Å². The van der Waals surface area contributed by atoms with Gasteiger partial charge in [-0.1, -0.05) is 18.2 Å². The van der Waals surface area contributed by atoms with Crippen LogP contribution in [0.25, 0.3) is 0 Å². The van der Waals surface area contributed by atoms with Crippen molar-refractivity contribution in [1.29, 1.82) is 0 Å². The van der Waals surface area contributed by atoms with E-state index in [1.165, 1.54) is 0 Å². The predicted molar refractivity (Wildman–Crippen MR) is 36.2 cm³/mol. The smallest absolute Gasteiger partial charge is 0.327 e. The summed E-state index contributed by atoms with van der Waals surface area (Å²) in [7, 11) is 0. The molecule has 0 rings (SSSR count). The Morgan fingerprint density at radius 2 is 2.33 bits per heavy atom. The minimum absolute atomic E-state index is 0.645. The van der Waals surface area contributed by atoms with Crippen LogP contribution in [0.2, 0.25) is 0 Å². The maximum absolute atomic E-state index is 9.86. The minimum Gasteiger partial charge on any atom is -0.478 e. The summed E-state index contributed by atoms with van der Waals surface area (Å²) < 4.78 is 0. The van der Waals surface area contributed by atoms with Crippen molar-refractivity contribution in [3.8, 4) is 0 Å². The molecule has 0 heterocycles. The second kappa shape index (κ2) is 3.89. The van der Waals surface area contributed by atoms with Crippen molar-refractivity contribution < 1.29 is 9.90 Å². The van der Waals surface area contributed by atoms with E-state index in [1.807, 2.05) is 6.92 Å². The molecule has 2 heteroatoms. The Labute approximate surface area is 54.5 Å². The third-order valence-corrected chi connectivity index (χ3v) is 0.727. The molecule has 0 saturated heterocycles. The SMILES string of the molecule is C=C(C)C/C=C\C(=O)O. The maximum Gasteiger partial charge on any atom is 0.327 e. The van der Waals surface area contributed by atoms with Crippen LogP contribution < -0.4 is 0 Å². The Morgan fingerprint density at radius 1 is 1.78 bits per heavy atom. The van der Waals surface area contributed by atoms with E-state index >= 15 is 0 Å². The highest BCUT2D eigenvalue weighted by Crippen LogP contribution is 1.94.